The van der Waals surface area contributed by atoms with E-state index in [4.69, 9.17) is 5.11 Å². The van der Waals surface area contributed by atoms with Crippen molar-refractivity contribution in [1.29, 1.82) is 0 Å². The van der Waals surface area contributed by atoms with Gasteiger partial charge in [-0.1, -0.05) is 15.9 Å². The van der Waals surface area contributed by atoms with Crippen LogP contribution in [-0.4, -0.2) is 27.9 Å². The lowest BCUT2D eigenvalue weighted by molar-refractivity contribution is -0.137. The Morgan fingerprint density at radius 1 is 1.62 bits per heavy atom. The maximum atomic E-state index is 13.6. The molecule has 1 heterocycles. The van der Waals surface area contributed by atoms with Gasteiger partial charge < -0.3 is 5.11 Å². The first-order chi connectivity index (χ1) is 7.58. The number of aliphatic carboxylic acids is 1. The minimum atomic E-state index is -0.972. The molecular formula is C10H7BrFNO2S. The topological polar surface area (TPSA) is 49.7 Å². The second kappa shape index (κ2) is 4.55. The molecular weight excluding hydrogens is 297 g/mol. The lowest BCUT2D eigenvalue weighted by Crippen LogP contribution is -2.17. The van der Waals surface area contributed by atoms with Gasteiger partial charge in [0.05, 0.1) is 0 Å². The van der Waals surface area contributed by atoms with E-state index >= 15 is 0 Å². The second-order valence-corrected chi connectivity index (χ2v) is 5.15. The third kappa shape index (κ3) is 2.27. The van der Waals surface area contributed by atoms with E-state index in [1.54, 1.807) is 12.1 Å². The van der Waals surface area contributed by atoms with E-state index in [1.165, 1.54) is 17.8 Å². The highest BCUT2D eigenvalue weighted by molar-refractivity contribution is 9.10. The van der Waals surface area contributed by atoms with E-state index in [-0.39, 0.29) is 0 Å². The molecule has 1 atom stereocenters. The molecule has 0 bridgehead atoms. The molecule has 1 aromatic rings. The molecule has 84 valence electrons. The molecule has 0 aromatic heterocycles. The highest BCUT2D eigenvalue weighted by atomic mass is 79.9. The zero-order chi connectivity index (χ0) is 11.7. The van der Waals surface area contributed by atoms with E-state index in [0.717, 1.165) is 0 Å². The number of halogens is 2. The standard InChI is InChI=1S/C10H7BrFNO2S/c11-5-1-2-6(7(12)3-5)9-13-8(4-16-9)10(14)15/h1-3,8H,4H2,(H,14,15). The fourth-order valence-corrected chi connectivity index (χ4v) is 2.70. The van der Waals surface area contributed by atoms with Gasteiger partial charge in [0, 0.05) is 15.8 Å². The summed E-state index contributed by atoms with van der Waals surface area (Å²) in [6.07, 6.45) is 0. The Hall–Kier alpha value is -0.880. The fourth-order valence-electron chi connectivity index (χ4n) is 1.31. The van der Waals surface area contributed by atoms with Crippen LogP contribution in [0.4, 0.5) is 4.39 Å². The fraction of sp³-hybridized carbons (Fsp3) is 0.200. The van der Waals surface area contributed by atoms with E-state index in [2.05, 4.69) is 20.9 Å². The minimum Gasteiger partial charge on any atom is -0.480 e. The van der Waals surface area contributed by atoms with E-state index in [9.17, 15) is 9.18 Å². The van der Waals surface area contributed by atoms with Crippen molar-refractivity contribution in [3.05, 3.63) is 34.1 Å². The number of benzene rings is 1. The summed E-state index contributed by atoms with van der Waals surface area (Å²) < 4.78 is 14.2. The van der Waals surface area contributed by atoms with Crippen LogP contribution in [0.1, 0.15) is 5.56 Å². The molecule has 3 nitrogen and oxygen atoms in total. The lowest BCUT2D eigenvalue weighted by Gasteiger charge is -2.01. The molecule has 0 saturated carbocycles. The van der Waals surface area contributed by atoms with Crippen LogP contribution < -0.4 is 0 Å². The molecule has 1 N–H and O–H groups in total. The molecule has 0 fully saturated rings. The first-order valence-electron chi connectivity index (χ1n) is 4.47. The number of hydrogen-bond acceptors (Lipinski definition) is 3. The summed E-state index contributed by atoms with van der Waals surface area (Å²) >= 11 is 4.42. The summed E-state index contributed by atoms with van der Waals surface area (Å²) in [6, 6.07) is 3.88. The number of rotatable bonds is 2. The molecule has 1 aliphatic heterocycles. The van der Waals surface area contributed by atoms with Crippen molar-refractivity contribution >= 4 is 38.7 Å². The normalized spacial score (nSPS) is 19.6. The summed E-state index contributed by atoms with van der Waals surface area (Å²) in [7, 11) is 0. The first kappa shape index (κ1) is 11.6. The van der Waals surface area contributed by atoms with Gasteiger partial charge in [-0.15, -0.1) is 11.8 Å². The third-order valence-electron chi connectivity index (χ3n) is 2.10. The van der Waals surface area contributed by atoms with Gasteiger partial charge in [-0.05, 0) is 18.2 Å². The summed E-state index contributed by atoms with van der Waals surface area (Å²) in [5.41, 5.74) is 0.358. The number of carboxylic acids is 1. The Bertz CT molecular complexity index is 478. The SMILES string of the molecule is O=C(O)C1CSC(c2ccc(Br)cc2F)=N1. The second-order valence-electron chi connectivity index (χ2n) is 3.22. The van der Waals surface area contributed by atoms with Crippen LogP contribution in [0.15, 0.2) is 27.7 Å². The maximum absolute atomic E-state index is 13.6. The predicted octanol–water partition coefficient (Wildman–Crippen LogP) is 2.53. The Morgan fingerprint density at radius 2 is 2.38 bits per heavy atom. The van der Waals surface area contributed by atoms with Crippen LogP contribution >= 0.6 is 27.7 Å². The molecule has 0 saturated heterocycles. The van der Waals surface area contributed by atoms with Gasteiger partial charge in [-0.3, -0.25) is 4.99 Å². The number of carbonyl (C=O) groups is 1. The monoisotopic (exact) mass is 303 g/mol. The van der Waals surface area contributed by atoms with Gasteiger partial charge in [-0.2, -0.15) is 0 Å². The van der Waals surface area contributed by atoms with E-state index in [1.807, 2.05) is 0 Å². The molecule has 0 radical (unpaired) electrons. The largest absolute Gasteiger partial charge is 0.480 e. The summed E-state index contributed by atoms with van der Waals surface area (Å²) in [4.78, 5) is 14.7. The Balaban J connectivity index is 2.32. The predicted molar refractivity (Wildman–Crippen MR) is 64.5 cm³/mol. The van der Waals surface area contributed by atoms with Crippen molar-refractivity contribution in [2.45, 2.75) is 6.04 Å². The third-order valence-corrected chi connectivity index (χ3v) is 3.67. The molecule has 6 heteroatoms. The molecule has 1 aromatic carbocycles. The van der Waals surface area contributed by atoms with Crippen LogP contribution in [0.5, 0.6) is 0 Å². The maximum Gasteiger partial charge on any atom is 0.329 e. The number of nitrogens with zero attached hydrogens (tertiary/aromatic N) is 1. The highest BCUT2D eigenvalue weighted by Gasteiger charge is 2.26. The number of carboxylic acid groups (broad SMARTS) is 1. The van der Waals surface area contributed by atoms with Gasteiger partial charge in [-0.25, -0.2) is 9.18 Å². The van der Waals surface area contributed by atoms with Gasteiger partial charge >= 0.3 is 5.97 Å². The molecule has 0 aliphatic carbocycles. The van der Waals surface area contributed by atoms with E-state index < -0.39 is 17.8 Å². The van der Waals surface area contributed by atoms with Crippen molar-refractivity contribution in [2.75, 3.05) is 5.75 Å². The van der Waals surface area contributed by atoms with E-state index in [0.29, 0.717) is 20.8 Å². The summed E-state index contributed by atoms with van der Waals surface area (Å²) in [5.74, 6) is -1.01. The Labute approximate surface area is 104 Å². The zero-order valence-corrected chi connectivity index (χ0v) is 10.4. The Morgan fingerprint density at radius 3 is 2.94 bits per heavy atom. The van der Waals surface area contributed by atoms with Crippen molar-refractivity contribution < 1.29 is 14.3 Å². The van der Waals surface area contributed by atoms with Crippen molar-refractivity contribution in [2.24, 2.45) is 4.99 Å². The zero-order valence-electron chi connectivity index (χ0n) is 7.98. The lowest BCUT2D eigenvalue weighted by atomic mass is 10.2. The van der Waals surface area contributed by atoms with Gasteiger partial charge in [0.2, 0.25) is 0 Å². The molecule has 0 spiro atoms. The number of aliphatic imine (C=N–C) groups is 1. The van der Waals surface area contributed by atoms with Gasteiger partial charge in [0.1, 0.15) is 10.9 Å². The van der Waals surface area contributed by atoms with Gasteiger partial charge in [0.25, 0.3) is 0 Å². The molecule has 0 amide bonds. The molecule has 16 heavy (non-hydrogen) atoms. The minimum absolute atomic E-state index is 0.358. The van der Waals surface area contributed by atoms with Crippen LogP contribution in [-0.2, 0) is 4.79 Å². The smallest absolute Gasteiger partial charge is 0.329 e. The first-order valence-corrected chi connectivity index (χ1v) is 6.24. The highest BCUT2D eigenvalue weighted by Crippen LogP contribution is 2.26. The van der Waals surface area contributed by atoms with Crippen molar-refractivity contribution in [1.82, 2.24) is 0 Å². The average molecular weight is 304 g/mol. The quantitative estimate of drug-likeness (QED) is 0.913. The summed E-state index contributed by atoms with van der Waals surface area (Å²) in [5, 5.41) is 9.23. The van der Waals surface area contributed by atoms with Crippen LogP contribution in [0.25, 0.3) is 0 Å². The van der Waals surface area contributed by atoms with Gasteiger partial charge in [0.15, 0.2) is 6.04 Å². The average Bonchev–Trinajstić information content (AvgIpc) is 2.66. The van der Waals surface area contributed by atoms with Crippen molar-refractivity contribution in [3.63, 3.8) is 0 Å². The molecule has 1 aliphatic rings. The van der Waals surface area contributed by atoms with Crippen LogP contribution in [0.3, 0.4) is 0 Å². The number of thioether (sulfide) groups is 1. The molecule has 1 unspecified atom stereocenters. The Kier molecular flexibility index (Phi) is 3.30. The summed E-state index contributed by atoms with van der Waals surface area (Å²) in [6.45, 7) is 0. The number of hydrogen-bond donors (Lipinski definition) is 1. The van der Waals surface area contributed by atoms with Crippen molar-refractivity contribution in [3.8, 4) is 0 Å². The van der Waals surface area contributed by atoms with Crippen LogP contribution in [0.2, 0.25) is 0 Å². The molecule has 2 rings (SSSR count). The van der Waals surface area contributed by atoms with Crippen LogP contribution in [0, 0.1) is 5.82 Å².